The van der Waals surface area contributed by atoms with Crippen molar-refractivity contribution in [3.05, 3.63) is 18.2 Å². The van der Waals surface area contributed by atoms with E-state index in [1.807, 2.05) is 13.8 Å². The summed E-state index contributed by atoms with van der Waals surface area (Å²) in [5.74, 6) is 0.932. The van der Waals surface area contributed by atoms with Gasteiger partial charge in [-0.25, -0.2) is 0 Å². The SMILES string of the molecule is CCC(C)NC(=O)C(C)Oc1cc(OC)ccc1N. The Morgan fingerprint density at radius 3 is 2.68 bits per heavy atom. The summed E-state index contributed by atoms with van der Waals surface area (Å²) in [7, 11) is 1.56. The molecule has 0 aliphatic rings. The third-order valence-corrected chi connectivity index (χ3v) is 2.89. The molecule has 3 N–H and O–H groups in total. The number of methoxy groups -OCH3 is 1. The number of hydrogen-bond acceptors (Lipinski definition) is 4. The molecule has 0 bridgehead atoms. The molecule has 106 valence electrons. The quantitative estimate of drug-likeness (QED) is 0.772. The van der Waals surface area contributed by atoms with Crippen LogP contribution in [0.2, 0.25) is 0 Å². The van der Waals surface area contributed by atoms with Crippen LogP contribution in [0.4, 0.5) is 5.69 Å². The maximum Gasteiger partial charge on any atom is 0.260 e. The number of ether oxygens (including phenoxy) is 2. The van der Waals surface area contributed by atoms with Gasteiger partial charge in [-0.3, -0.25) is 4.79 Å². The summed E-state index contributed by atoms with van der Waals surface area (Å²) >= 11 is 0. The summed E-state index contributed by atoms with van der Waals surface area (Å²) in [6.07, 6.45) is 0.267. The van der Waals surface area contributed by atoms with Gasteiger partial charge in [0.2, 0.25) is 0 Å². The number of rotatable bonds is 6. The molecule has 5 nitrogen and oxygen atoms in total. The molecular weight excluding hydrogens is 244 g/mol. The Labute approximate surface area is 114 Å². The molecule has 0 fully saturated rings. The van der Waals surface area contributed by atoms with Gasteiger partial charge in [0.05, 0.1) is 12.8 Å². The summed E-state index contributed by atoms with van der Waals surface area (Å²) in [6, 6.07) is 5.23. The first-order chi connectivity index (χ1) is 8.97. The standard InChI is InChI=1S/C14H22N2O3/c1-5-9(2)16-14(17)10(3)19-13-8-11(18-4)6-7-12(13)15/h6-10H,5,15H2,1-4H3,(H,16,17). The Bertz CT molecular complexity index is 435. The van der Waals surface area contributed by atoms with E-state index >= 15 is 0 Å². The van der Waals surface area contributed by atoms with Crippen LogP contribution >= 0.6 is 0 Å². The van der Waals surface area contributed by atoms with Gasteiger partial charge in [-0.1, -0.05) is 6.92 Å². The maximum absolute atomic E-state index is 11.9. The summed E-state index contributed by atoms with van der Waals surface area (Å²) in [5, 5.41) is 2.86. The fraction of sp³-hybridized carbons (Fsp3) is 0.500. The van der Waals surface area contributed by atoms with Crippen molar-refractivity contribution >= 4 is 11.6 Å². The Kier molecular flexibility index (Phi) is 5.48. The van der Waals surface area contributed by atoms with Crippen LogP contribution in [0.5, 0.6) is 11.5 Å². The van der Waals surface area contributed by atoms with Crippen molar-refractivity contribution in [3.63, 3.8) is 0 Å². The van der Waals surface area contributed by atoms with Gasteiger partial charge in [-0.2, -0.15) is 0 Å². The zero-order valence-electron chi connectivity index (χ0n) is 11.9. The molecular formula is C14H22N2O3. The van der Waals surface area contributed by atoms with Crippen molar-refractivity contribution < 1.29 is 14.3 Å². The number of nitrogens with one attached hydrogen (secondary N) is 1. The smallest absolute Gasteiger partial charge is 0.260 e. The van der Waals surface area contributed by atoms with Crippen LogP contribution in [-0.2, 0) is 4.79 Å². The first-order valence-electron chi connectivity index (χ1n) is 6.38. The highest BCUT2D eigenvalue weighted by atomic mass is 16.5. The molecule has 0 aliphatic carbocycles. The molecule has 0 heterocycles. The third kappa shape index (κ3) is 4.35. The second-order valence-electron chi connectivity index (χ2n) is 4.48. The molecule has 0 radical (unpaired) electrons. The van der Waals surface area contributed by atoms with E-state index in [1.54, 1.807) is 32.2 Å². The maximum atomic E-state index is 11.9. The Hall–Kier alpha value is -1.91. The van der Waals surface area contributed by atoms with Crippen LogP contribution in [0.3, 0.4) is 0 Å². The molecule has 1 aromatic carbocycles. The molecule has 1 aromatic rings. The first kappa shape index (κ1) is 15.1. The molecule has 1 rings (SSSR count). The van der Waals surface area contributed by atoms with Crippen molar-refractivity contribution in [1.82, 2.24) is 5.32 Å². The molecule has 2 atom stereocenters. The van der Waals surface area contributed by atoms with Crippen LogP contribution in [0.25, 0.3) is 0 Å². The minimum atomic E-state index is -0.608. The fourth-order valence-corrected chi connectivity index (χ4v) is 1.45. The zero-order valence-corrected chi connectivity index (χ0v) is 11.9. The van der Waals surface area contributed by atoms with Crippen LogP contribution in [0.15, 0.2) is 18.2 Å². The number of carbonyl (C=O) groups excluding carboxylic acids is 1. The van der Waals surface area contributed by atoms with Crippen molar-refractivity contribution in [2.75, 3.05) is 12.8 Å². The van der Waals surface area contributed by atoms with Crippen molar-refractivity contribution in [3.8, 4) is 11.5 Å². The van der Waals surface area contributed by atoms with E-state index in [4.69, 9.17) is 15.2 Å². The molecule has 1 amide bonds. The lowest BCUT2D eigenvalue weighted by atomic mass is 10.2. The normalized spacial score (nSPS) is 13.5. The minimum Gasteiger partial charge on any atom is -0.497 e. The zero-order chi connectivity index (χ0) is 14.4. The van der Waals surface area contributed by atoms with E-state index < -0.39 is 6.10 Å². The number of hydrogen-bond donors (Lipinski definition) is 2. The van der Waals surface area contributed by atoms with Crippen LogP contribution < -0.4 is 20.5 Å². The van der Waals surface area contributed by atoms with Crippen molar-refractivity contribution in [1.29, 1.82) is 0 Å². The van der Waals surface area contributed by atoms with Gasteiger partial charge in [0.1, 0.15) is 11.5 Å². The van der Waals surface area contributed by atoms with Crippen LogP contribution in [0.1, 0.15) is 27.2 Å². The molecule has 0 aromatic heterocycles. The average Bonchev–Trinajstić information content (AvgIpc) is 2.40. The molecule has 0 saturated heterocycles. The van der Waals surface area contributed by atoms with E-state index in [9.17, 15) is 4.79 Å². The Morgan fingerprint density at radius 1 is 1.42 bits per heavy atom. The largest absolute Gasteiger partial charge is 0.497 e. The van der Waals surface area contributed by atoms with Gasteiger partial charge in [-0.15, -0.1) is 0 Å². The number of nitrogens with two attached hydrogens (primary N) is 1. The van der Waals surface area contributed by atoms with Crippen molar-refractivity contribution in [2.45, 2.75) is 39.3 Å². The molecule has 19 heavy (non-hydrogen) atoms. The number of nitrogen functional groups attached to an aromatic ring is 1. The average molecular weight is 266 g/mol. The number of anilines is 1. The van der Waals surface area contributed by atoms with Gasteiger partial charge >= 0.3 is 0 Å². The predicted octanol–water partition coefficient (Wildman–Crippen LogP) is 1.96. The van der Waals surface area contributed by atoms with Crippen LogP contribution in [0, 0.1) is 0 Å². The second kappa shape index (κ2) is 6.87. The molecule has 0 spiro atoms. The Balaban J connectivity index is 2.70. The summed E-state index contributed by atoms with van der Waals surface area (Å²) in [6.45, 7) is 5.65. The highest BCUT2D eigenvalue weighted by molar-refractivity contribution is 5.81. The van der Waals surface area contributed by atoms with Crippen LogP contribution in [-0.4, -0.2) is 25.2 Å². The van der Waals surface area contributed by atoms with Gasteiger partial charge in [-0.05, 0) is 32.4 Å². The number of amides is 1. The van der Waals surface area contributed by atoms with Gasteiger partial charge in [0.25, 0.3) is 5.91 Å². The van der Waals surface area contributed by atoms with Gasteiger partial charge in [0.15, 0.2) is 6.10 Å². The van der Waals surface area contributed by atoms with Gasteiger partial charge in [0, 0.05) is 12.1 Å². The number of carbonyl (C=O) groups is 1. The first-order valence-corrected chi connectivity index (χ1v) is 6.38. The summed E-state index contributed by atoms with van der Waals surface area (Å²) in [4.78, 5) is 11.9. The topological polar surface area (TPSA) is 73.6 Å². The van der Waals surface area contributed by atoms with E-state index in [2.05, 4.69) is 5.32 Å². The lowest BCUT2D eigenvalue weighted by molar-refractivity contribution is -0.127. The summed E-state index contributed by atoms with van der Waals surface area (Å²) < 4.78 is 10.7. The third-order valence-electron chi connectivity index (χ3n) is 2.89. The molecule has 0 saturated carbocycles. The predicted molar refractivity (Wildman–Crippen MR) is 75.4 cm³/mol. The second-order valence-corrected chi connectivity index (χ2v) is 4.48. The Morgan fingerprint density at radius 2 is 2.11 bits per heavy atom. The van der Waals surface area contributed by atoms with E-state index in [0.717, 1.165) is 6.42 Å². The molecule has 0 aliphatic heterocycles. The van der Waals surface area contributed by atoms with Gasteiger partial charge < -0.3 is 20.5 Å². The van der Waals surface area contributed by atoms with E-state index in [-0.39, 0.29) is 11.9 Å². The molecule has 2 unspecified atom stereocenters. The molecule has 5 heteroatoms. The van der Waals surface area contributed by atoms with E-state index in [0.29, 0.717) is 17.2 Å². The highest BCUT2D eigenvalue weighted by Crippen LogP contribution is 2.27. The fourth-order valence-electron chi connectivity index (χ4n) is 1.45. The monoisotopic (exact) mass is 266 g/mol. The van der Waals surface area contributed by atoms with E-state index in [1.165, 1.54) is 0 Å². The summed E-state index contributed by atoms with van der Waals surface area (Å²) in [5.41, 5.74) is 6.28. The lowest BCUT2D eigenvalue weighted by Gasteiger charge is -2.19. The minimum absolute atomic E-state index is 0.126. The number of benzene rings is 1. The lowest BCUT2D eigenvalue weighted by Crippen LogP contribution is -2.41. The van der Waals surface area contributed by atoms with Crippen molar-refractivity contribution in [2.24, 2.45) is 0 Å². The highest BCUT2D eigenvalue weighted by Gasteiger charge is 2.17.